The number of benzene rings is 1. The monoisotopic (exact) mass is 331 g/mol. The summed E-state index contributed by atoms with van der Waals surface area (Å²) < 4.78 is 16.6. The first-order valence-corrected chi connectivity index (χ1v) is 8.68. The van der Waals surface area contributed by atoms with Crippen molar-refractivity contribution in [3.8, 4) is 11.8 Å². The summed E-state index contributed by atoms with van der Waals surface area (Å²) in [5, 5.41) is 8.75. The average molecular weight is 331 g/mol. The summed E-state index contributed by atoms with van der Waals surface area (Å²) in [6, 6.07) is 8.48. The molecule has 1 saturated heterocycles. The molecule has 1 fully saturated rings. The van der Waals surface area contributed by atoms with Gasteiger partial charge in [-0.15, -0.1) is 0 Å². The van der Waals surface area contributed by atoms with Crippen molar-refractivity contribution in [1.82, 2.24) is 0 Å². The summed E-state index contributed by atoms with van der Waals surface area (Å²) in [4.78, 5) is 12.1. The Hall–Kier alpha value is -1.90. The van der Waals surface area contributed by atoms with Crippen molar-refractivity contribution in [2.24, 2.45) is 5.92 Å². The summed E-state index contributed by atoms with van der Waals surface area (Å²) in [5.74, 6) is -0.338. The number of esters is 1. The zero-order valence-electron chi connectivity index (χ0n) is 14.2. The molecule has 0 radical (unpaired) electrons. The van der Waals surface area contributed by atoms with E-state index in [4.69, 9.17) is 19.5 Å². The number of unbranched alkanes of at least 4 members (excludes halogenated alkanes) is 4. The van der Waals surface area contributed by atoms with Crippen LogP contribution in [-0.2, 0) is 14.3 Å². The number of carbonyl (C=O) groups is 1. The van der Waals surface area contributed by atoms with Gasteiger partial charge in [-0.1, -0.05) is 32.6 Å². The third-order valence-corrected chi connectivity index (χ3v) is 4.05. The first-order valence-electron chi connectivity index (χ1n) is 8.68. The van der Waals surface area contributed by atoms with Crippen LogP contribution in [0.4, 0.5) is 0 Å². The van der Waals surface area contributed by atoms with Crippen LogP contribution in [0, 0.1) is 17.2 Å². The van der Waals surface area contributed by atoms with Gasteiger partial charge in [-0.25, -0.2) is 0 Å². The Labute approximate surface area is 143 Å². The number of rotatable bonds is 8. The molecular weight excluding hydrogens is 306 g/mol. The van der Waals surface area contributed by atoms with Gasteiger partial charge in [0.1, 0.15) is 11.7 Å². The molecule has 0 spiro atoms. The second-order valence-electron chi connectivity index (χ2n) is 6.05. The molecule has 1 aromatic rings. The SMILES string of the molecule is CCCCCCC[C@H]1OC[C@H](C(=O)Oc2ccc(C#N)cc2)CO1. The first-order chi connectivity index (χ1) is 11.7. The summed E-state index contributed by atoms with van der Waals surface area (Å²) in [5.41, 5.74) is 0.529. The molecule has 5 nitrogen and oxygen atoms in total. The molecule has 1 heterocycles. The molecule has 0 bridgehead atoms. The van der Waals surface area contributed by atoms with Crippen molar-refractivity contribution >= 4 is 5.97 Å². The van der Waals surface area contributed by atoms with Crippen molar-refractivity contribution in [3.63, 3.8) is 0 Å². The maximum absolute atomic E-state index is 12.1. The van der Waals surface area contributed by atoms with Crippen LogP contribution < -0.4 is 4.74 Å². The fourth-order valence-corrected chi connectivity index (χ4v) is 2.56. The Morgan fingerprint density at radius 3 is 2.46 bits per heavy atom. The first kappa shape index (κ1) is 18.4. The molecule has 2 rings (SSSR count). The van der Waals surface area contributed by atoms with E-state index in [0.29, 0.717) is 24.5 Å². The molecular formula is C19H25NO4. The lowest BCUT2D eigenvalue weighted by Crippen LogP contribution is -2.38. The lowest BCUT2D eigenvalue weighted by Gasteiger charge is -2.28. The molecule has 5 heteroatoms. The lowest BCUT2D eigenvalue weighted by atomic mass is 10.1. The highest BCUT2D eigenvalue weighted by Gasteiger charge is 2.28. The number of hydrogen-bond acceptors (Lipinski definition) is 5. The number of nitrogens with zero attached hydrogens (tertiary/aromatic N) is 1. The van der Waals surface area contributed by atoms with Crippen LogP contribution in [0.3, 0.4) is 0 Å². The maximum atomic E-state index is 12.1. The third kappa shape index (κ3) is 5.95. The van der Waals surface area contributed by atoms with Gasteiger partial charge in [0.25, 0.3) is 0 Å². The molecule has 130 valence electrons. The minimum Gasteiger partial charge on any atom is -0.426 e. The van der Waals surface area contributed by atoms with Gasteiger partial charge in [0.05, 0.1) is 24.8 Å². The minimum absolute atomic E-state index is 0.203. The zero-order chi connectivity index (χ0) is 17.2. The van der Waals surface area contributed by atoms with Crippen LogP contribution >= 0.6 is 0 Å². The largest absolute Gasteiger partial charge is 0.426 e. The standard InChI is InChI=1S/C19H25NO4/c1-2-3-4-5-6-7-18-22-13-16(14-23-18)19(21)24-17-10-8-15(12-20)9-11-17/h8-11,16,18H,2-7,13-14H2,1H3/t16-,18-. The topological polar surface area (TPSA) is 68.5 Å². The van der Waals surface area contributed by atoms with Crippen LogP contribution in [-0.4, -0.2) is 25.5 Å². The maximum Gasteiger partial charge on any atom is 0.319 e. The molecule has 1 aliphatic rings. The summed E-state index contributed by atoms with van der Waals surface area (Å²) in [6.07, 6.45) is 6.72. The molecule has 1 aliphatic heterocycles. The molecule has 0 aliphatic carbocycles. The predicted octanol–water partition coefficient (Wildman–Crippen LogP) is 3.81. The van der Waals surface area contributed by atoms with Gasteiger partial charge >= 0.3 is 5.97 Å². The second kappa shape index (κ2) is 10.1. The smallest absolute Gasteiger partial charge is 0.319 e. The molecule has 0 amide bonds. The minimum atomic E-state index is -0.406. The highest BCUT2D eigenvalue weighted by Crippen LogP contribution is 2.20. The second-order valence-corrected chi connectivity index (χ2v) is 6.05. The zero-order valence-corrected chi connectivity index (χ0v) is 14.2. The average Bonchev–Trinajstić information content (AvgIpc) is 2.62. The van der Waals surface area contributed by atoms with E-state index in [1.54, 1.807) is 24.3 Å². The molecule has 0 atom stereocenters. The quantitative estimate of drug-likeness (QED) is 0.411. The highest BCUT2D eigenvalue weighted by molar-refractivity contribution is 5.75. The number of carbonyl (C=O) groups excluding carboxylic acids is 1. The van der Waals surface area contributed by atoms with E-state index in [2.05, 4.69) is 6.92 Å². The van der Waals surface area contributed by atoms with E-state index in [9.17, 15) is 4.79 Å². The van der Waals surface area contributed by atoms with Crippen molar-refractivity contribution < 1.29 is 19.0 Å². The van der Waals surface area contributed by atoms with Crippen LogP contribution in [0.1, 0.15) is 51.0 Å². The Balaban J connectivity index is 1.67. The van der Waals surface area contributed by atoms with E-state index in [1.165, 1.54) is 25.7 Å². The Morgan fingerprint density at radius 1 is 1.17 bits per heavy atom. The van der Waals surface area contributed by atoms with Crippen LogP contribution in [0.15, 0.2) is 24.3 Å². The van der Waals surface area contributed by atoms with Crippen molar-refractivity contribution in [3.05, 3.63) is 29.8 Å². The Bertz CT molecular complexity index is 541. The molecule has 0 N–H and O–H groups in total. The van der Waals surface area contributed by atoms with E-state index in [-0.39, 0.29) is 12.3 Å². The lowest BCUT2D eigenvalue weighted by molar-refractivity contribution is -0.208. The molecule has 1 aromatic carbocycles. The van der Waals surface area contributed by atoms with Gasteiger partial charge in [-0.05, 0) is 37.1 Å². The van der Waals surface area contributed by atoms with E-state index in [1.807, 2.05) is 6.07 Å². The fraction of sp³-hybridized carbons (Fsp3) is 0.579. The van der Waals surface area contributed by atoms with Gasteiger partial charge in [0.2, 0.25) is 0 Å². The highest BCUT2D eigenvalue weighted by atomic mass is 16.7. The van der Waals surface area contributed by atoms with E-state index in [0.717, 1.165) is 12.8 Å². The van der Waals surface area contributed by atoms with Gasteiger partial charge in [-0.2, -0.15) is 5.26 Å². The van der Waals surface area contributed by atoms with Crippen LogP contribution in [0.5, 0.6) is 5.75 Å². The van der Waals surface area contributed by atoms with Crippen molar-refractivity contribution in [2.45, 2.75) is 51.7 Å². The van der Waals surface area contributed by atoms with E-state index < -0.39 is 5.92 Å². The van der Waals surface area contributed by atoms with Crippen LogP contribution in [0.2, 0.25) is 0 Å². The van der Waals surface area contributed by atoms with Gasteiger partial charge in [0, 0.05) is 0 Å². The number of ether oxygens (including phenoxy) is 3. The van der Waals surface area contributed by atoms with Gasteiger partial charge in [-0.3, -0.25) is 4.79 Å². The van der Waals surface area contributed by atoms with Gasteiger partial charge < -0.3 is 14.2 Å². The number of nitriles is 1. The predicted molar refractivity (Wildman–Crippen MR) is 89.4 cm³/mol. The third-order valence-electron chi connectivity index (χ3n) is 4.05. The normalized spacial score (nSPS) is 20.3. The van der Waals surface area contributed by atoms with Crippen molar-refractivity contribution in [2.75, 3.05) is 13.2 Å². The van der Waals surface area contributed by atoms with E-state index >= 15 is 0 Å². The molecule has 0 aromatic heterocycles. The molecule has 0 unspecified atom stereocenters. The van der Waals surface area contributed by atoms with Crippen molar-refractivity contribution in [1.29, 1.82) is 5.26 Å². The van der Waals surface area contributed by atoms with Crippen LogP contribution in [0.25, 0.3) is 0 Å². The summed E-state index contributed by atoms with van der Waals surface area (Å²) in [6.45, 7) is 2.86. The Morgan fingerprint density at radius 2 is 1.83 bits per heavy atom. The molecule has 0 saturated carbocycles. The molecule has 24 heavy (non-hydrogen) atoms. The summed E-state index contributed by atoms with van der Waals surface area (Å²) in [7, 11) is 0. The summed E-state index contributed by atoms with van der Waals surface area (Å²) >= 11 is 0. The number of hydrogen-bond donors (Lipinski definition) is 0. The fourth-order valence-electron chi connectivity index (χ4n) is 2.56. The Kier molecular flexibility index (Phi) is 7.73. The van der Waals surface area contributed by atoms with Gasteiger partial charge in [0.15, 0.2) is 6.29 Å².